The summed E-state index contributed by atoms with van der Waals surface area (Å²) in [5.41, 5.74) is 1.46. The van der Waals surface area contributed by atoms with Crippen LogP contribution in [0.3, 0.4) is 0 Å². The van der Waals surface area contributed by atoms with Crippen molar-refractivity contribution in [2.75, 3.05) is 0 Å². The highest BCUT2D eigenvalue weighted by atomic mass is 16.3. The molecule has 0 aliphatic carbocycles. The molecule has 11 heteroatoms. The Kier molecular flexibility index (Phi) is 13.8. The maximum atomic E-state index is 14.0. The molecule has 3 rings (SSSR count). The Bertz CT molecular complexity index is 1360. The fraction of sp³-hybridized carbons (Fsp3) is 0.528. The quantitative estimate of drug-likeness (QED) is 0.232. The zero-order valence-electron chi connectivity index (χ0n) is 28.3. The molecule has 256 valence electrons. The lowest BCUT2D eigenvalue weighted by Gasteiger charge is -2.27. The highest BCUT2D eigenvalue weighted by Crippen LogP contribution is 2.15. The standard InChI is InChI=1S/C36H51N5O6/c1-21(2)16-27-32(43)38-29(18-23(5)6)34(45)40-30(19-24-10-8-7-9-11-24)36(47)41-31(20-25-12-14-26(42)15-13-25)35(46)39-28(17-22(3)4)33(44)37-27/h7-15,21-23,27-31,42H,16-20H2,1-6H3,(H,37,44)(H,38,43)(H,39,46)(H,40,45)(H,41,47)/t27-,28-,29-,30+,31+/m0/s1. The molecular weight excluding hydrogens is 598 g/mol. The van der Waals surface area contributed by atoms with Crippen LogP contribution in [0.2, 0.25) is 0 Å². The molecule has 1 heterocycles. The second-order valence-corrected chi connectivity index (χ2v) is 13.8. The molecule has 47 heavy (non-hydrogen) atoms. The molecule has 1 saturated heterocycles. The molecule has 2 aromatic carbocycles. The van der Waals surface area contributed by atoms with Crippen molar-refractivity contribution in [1.29, 1.82) is 0 Å². The second-order valence-electron chi connectivity index (χ2n) is 13.8. The van der Waals surface area contributed by atoms with Crippen LogP contribution in [0.15, 0.2) is 54.6 Å². The molecule has 0 unspecified atom stereocenters. The maximum absolute atomic E-state index is 14.0. The third-order valence-corrected chi connectivity index (χ3v) is 7.95. The Balaban J connectivity index is 2.10. The number of benzene rings is 2. The van der Waals surface area contributed by atoms with Gasteiger partial charge in [-0.1, -0.05) is 84.0 Å². The predicted octanol–water partition coefficient (Wildman–Crippen LogP) is 2.75. The first kappa shape index (κ1) is 37.1. The molecule has 1 aliphatic heterocycles. The molecular formula is C36H51N5O6. The van der Waals surface area contributed by atoms with Gasteiger partial charge in [0.15, 0.2) is 0 Å². The van der Waals surface area contributed by atoms with Gasteiger partial charge in [-0.2, -0.15) is 0 Å². The minimum Gasteiger partial charge on any atom is -0.508 e. The molecule has 1 fully saturated rings. The molecule has 0 aromatic heterocycles. The number of hydrogen-bond donors (Lipinski definition) is 6. The second kappa shape index (κ2) is 17.5. The van der Waals surface area contributed by atoms with Gasteiger partial charge in [-0.15, -0.1) is 0 Å². The van der Waals surface area contributed by atoms with Crippen LogP contribution >= 0.6 is 0 Å². The lowest BCUT2D eigenvalue weighted by molar-refractivity contribution is -0.134. The van der Waals surface area contributed by atoms with Gasteiger partial charge >= 0.3 is 0 Å². The SMILES string of the molecule is CC(C)C[C@@H]1NC(=O)[C@H](CC(C)C)NC(=O)[C@@H](Cc2ccc(O)cc2)NC(=O)[C@@H](Cc2ccccc2)NC(=O)[C@H](CC(C)C)NC1=O. The zero-order chi connectivity index (χ0) is 34.7. The Morgan fingerprint density at radius 3 is 1.11 bits per heavy atom. The van der Waals surface area contributed by atoms with Crippen molar-refractivity contribution in [3.05, 3.63) is 65.7 Å². The van der Waals surface area contributed by atoms with Crippen LogP contribution in [-0.4, -0.2) is 64.9 Å². The van der Waals surface area contributed by atoms with Crippen molar-refractivity contribution in [2.45, 2.75) is 104 Å². The first-order chi connectivity index (χ1) is 22.2. The van der Waals surface area contributed by atoms with Crippen molar-refractivity contribution in [3.63, 3.8) is 0 Å². The number of nitrogens with one attached hydrogen (secondary N) is 5. The van der Waals surface area contributed by atoms with Gasteiger partial charge in [-0.3, -0.25) is 24.0 Å². The molecule has 5 amide bonds. The monoisotopic (exact) mass is 649 g/mol. The molecule has 0 saturated carbocycles. The van der Waals surface area contributed by atoms with E-state index < -0.39 is 59.7 Å². The fourth-order valence-corrected chi connectivity index (χ4v) is 5.61. The van der Waals surface area contributed by atoms with Gasteiger partial charge in [0.1, 0.15) is 36.0 Å². The summed E-state index contributed by atoms with van der Waals surface area (Å²) >= 11 is 0. The number of carbonyl (C=O) groups excluding carboxylic acids is 5. The van der Waals surface area contributed by atoms with Crippen molar-refractivity contribution >= 4 is 29.5 Å². The third-order valence-electron chi connectivity index (χ3n) is 7.95. The summed E-state index contributed by atoms with van der Waals surface area (Å²) in [5.74, 6) is -2.61. The van der Waals surface area contributed by atoms with Crippen LogP contribution in [0, 0.1) is 17.8 Å². The van der Waals surface area contributed by atoms with E-state index in [9.17, 15) is 29.1 Å². The fourth-order valence-electron chi connectivity index (χ4n) is 5.61. The molecule has 0 spiro atoms. The van der Waals surface area contributed by atoms with E-state index in [2.05, 4.69) is 26.6 Å². The van der Waals surface area contributed by atoms with Crippen LogP contribution < -0.4 is 26.6 Å². The van der Waals surface area contributed by atoms with E-state index in [1.807, 2.05) is 71.9 Å². The lowest BCUT2D eigenvalue weighted by Crippen LogP contribution is -2.58. The van der Waals surface area contributed by atoms with Gasteiger partial charge in [-0.25, -0.2) is 0 Å². The van der Waals surface area contributed by atoms with E-state index in [0.29, 0.717) is 24.8 Å². The van der Waals surface area contributed by atoms with E-state index in [-0.39, 0.29) is 36.3 Å². The highest BCUT2D eigenvalue weighted by Gasteiger charge is 2.35. The van der Waals surface area contributed by atoms with Crippen LogP contribution in [-0.2, 0) is 36.8 Å². The van der Waals surface area contributed by atoms with Gasteiger partial charge in [0.25, 0.3) is 0 Å². The van der Waals surface area contributed by atoms with Gasteiger partial charge in [-0.05, 0) is 60.3 Å². The molecule has 6 N–H and O–H groups in total. The van der Waals surface area contributed by atoms with Crippen molar-refractivity contribution < 1.29 is 29.1 Å². The summed E-state index contributed by atoms with van der Waals surface area (Å²) in [6.45, 7) is 11.6. The Morgan fingerprint density at radius 1 is 0.468 bits per heavy atom. The number of amides is 5. The van der Waals surface area contributed by atoms with Crippen molar-refractivity contribution in [2.24, 2.45) is 17.8 Å². The van der Waals surface area contributed by atoms with Crippen LogP contribution in [0.5, 0.6) is 5.75 Å². The van der Waals surface area contributed by atoms with Gasteiger partial charge in [0.05, 0.1) is 0 Å². The first-order valence-electron chi connectivity index (χ1n) is 16.6. The van der Waals surface area contributed by atoms with Crippen LogP contribution in [0.1, 0.15) is 71.9 Å². The van der Waals surface area contributed by atoms with Crippen molar-refractivity contribution in [1.82, 2.24) is 26.6 Å². The Hall–Kier alpha value is -4.41. The summed E-state index contributed by atoms with van der Waals surface area (Å²) < 4.78 is 0. The summed E-state index contributed by atoms with van der Waals surface area (Å²) in [6, 6.07) is 10.4. The number of rotatable bonds is 10. The number of hydrogen-bond acceptors (Lipinski definition) is 6. The number of carbonyl (C=O) groups is 5. The summed E-state index contributed by atoms with van der Waals surface area (Å²) in [7, 11) is 0. The van der Waals surface area contributed by atoms with Crippen LogP contribution in [0.25, 0.3) is 0 Å². The van der Waals surface area contributed by atoms with E-state index >= 15 is 0 Å². The average Bonchev–Trinajstić information content (AvgIpc) is 2.99. The van der Waals surface area contributed by atoms with Gasteiger partial charge in [0.2, 0.25) is 29.5 Å². The van der Waals surface area contributed by atoms with E-state index in [1.165, 1.54) is 12.1 Å². The molecule has 5 atom stereocenters. The van der Waals surface area contributed by atoms with Crippen molar-refractivity contribution in [3.8, 4) is 5.75 Å². The lowest BCUT2D eigenvalue weighted by atomic mass is 9.98. The molecule has 0 radical (unpaired) electrons. The Labute approximate surface area is 278 Å². The molecule has 2 aromatic rings. The minimum atomic E-state index is -1.12. The Morgan fingerprint density at radius 2 is 0.766 bits per heavy atom. The highest BCUT2D eigenvalue weighted by molar-refractivity contribution is 5.98. The van der Waals surface area contributed by atoms with E-state index in [0.717, 1.165) is 5.56 Å². The summed E-state index contributed by atoms with van der Waals surface area (Å²) in [5, 5.41) is 24.0. The van der Waals surface area contributed by atoms with Gasteiger partial charge < -0.3 is 31.7 Å². The van der Waals surface area contributed by atoms with Gasteiger partial charge in [0, 0.05) is 12.8 Å². The van der Waals surface area contributed by atoms with E-state index in [1.54, 1.807) is 12.1 Å². The van der Waals surface area contributed by atoms with Crippen LogP contribution in [0.4, 0.5) is 0 Å². The molecule has 1 aliphatic rings. The minimum absolute atomic E-state index is 0.0168. The molecule has 0 bridgehead atoms. The average molecular weight is 650 g/mol. The predicted molar refractivity (Wildman–Crippen MR) is 180 cm³/mol. The largest absolute Gasteiger partial charge is 0.508 e. The van der Waals surface area contributed by atoms with E-state index in [4.69, 9.17) is 0 Å². The smallest absolute Gasteiger partial charge is 0.243 e. The third kappa shape index (κ3) is 12.0. The number of phenols is 1. The number of aromatic hydroxyl groups is 1. The first-order valence-corrected chi connectivity index (χ1v) is 16.6. The maximum Gasteiger partial charge on any atom is 0.243 e. The molecule has 11 nitrogen and oxygen atoms in total. The zero-order valence-corrected chi connectivity index (χ0v) is 28.3. The summed E-state index contributed by atoms with van der Waals surface area (Å²) in [4.78, 5) is 69.1. The topological polar surface area (TPSA) is 166 Å². The number of phenolic OH excluding ortho intramolecular Hbond substituents is 1. The summed E-state index contributed by atoms with van der Waals surface area (Å²) in [6.07, 6.45) is 1.11. The normalized spacial score (nSPS) is 23.3.